The molecule has 1 amide bonds. The van der Waals surface area contributed by atoms with Gasteiger partial charge in [-0.05, 0) is 48.8 Å². The van der Waals surface area contributed by atoms with E-state index in [2.05, 4.69) is 4.99 Å². The number of halogens is 3. The maximum Gasteiger partial charge on any atom is 0.393 e. The monoisotopic (exact) mass is 395 g/mol. The zero-order chi connectivity index (χ0) is 20.3. The van der Waals surface area contributed by atoms with E-state index in [9.17, 15) is 18.0 Å². The lowest BCUT2D eigenvalue weighted by Crippen LogP contribution is -2.51. The van der Waals surface area contributed by atoms with E-state index in [1.807, 2.05) is 0 Å². The summed E-state index contributed by atoms with van der Waals surface area (Å²) in [4.78, 5) is 19.4. The molecule has 1 saturated carbocycles. The van der Waals surface area contributed by atoms with E-state index in [-0.39, 0.29) is 23.5 Å². The van der Waals surface area contributed by atoms with Gasteiger partial charge in [-0.3, -0.25) is 9.69 Å². The molecule has 1 atom stereocenters. The van der Waals surface area contributed by atoms with E-state index in [1.165, 1.54) is 17.0 Å². The molecule has 1 aromatic rings. The zero-order valence-corrected chi connectivity index (χ0v) is 16.0. The van der Waals surface area contributed by atoms with E-state index in [0.717, 1.165) is 18.4 Å². The van der Waals surface area contributed by atoms with Gasteiger partial charge in [0.1, 0.15) is 0 Å². The highest BCUT2D eigenvalue weighted by molar-refractivity contribution is 6.08. The number of hydrogen-bond donors (Lipinski definition) is 1. The minimum absolute atomic E-state index is 0.118. The molecule has 1 fully saturated rings. The van der Waals surface area contributed by atoms with Crippen LogP contribution < -0.4 is 5.73 Å². The number of amides is 1. The van der Waals surface area contributed by atoms with E-state index in [0.29, 0.717) is 24.8 Å². The minimum Gasteiger partial charge on any atom is -0.381 e. The van der Waals surface area contributed by atoms with Crippen LogP contribution in [0, 0.1) is 5.41 Å². The van der Waals surface area contributed by atoms with Crippen molar-refractivity contribution in [2.75, 3.05) is 14.2 Å². The minimum atomic E-state index is -4.31. The summed E-state index contributed by atoms with van der Waals surface area (Å²) in [7, 11) is 3.25. The topological polar surface area (TPSA) is 67.9 Å². The number of rotatable bonds is 2. The first-order chi connectivity index (χ1) is 13.1. The number of benzene rings is 1. The number of hydrogen-bond acceptors (Lipinski definition) is 4. The predicted octanol–water partition coefficient (Wildman–Crippen LogP) is 2.90. The predicted molar refractivity (Wildman–Crippen MR) is 97.7 cm³/mol. The third kappa shape index (κ3) is 2.64. The molecule has 0 bridgehead atoms. The van der Waals surface area contributed by atoms with Gasteiger partial charge in [0.15, 0.2) is 11.5 Å². The van der Waals surface area contributed by atoms with Gasteiger partial charge >= 0.3 is 6.18 Å². The first kappa shape index (κ1) is 19.2. The third-order valence-electron chi connectivity index (χ3n) is 6.73. The van der Waals surface area contributed by atoms with E-state index in [1.54, 1.807) is 20.2 Å². The first-order valence-corrected chi connectivity index (χ1v) is 9.47. The molecule has 2 spiro atoms. The summed E-state index contributed by atoms with van der Waals surface area (Å²) in [6, 6.07) is 4.76. The van der Waals surface area contributed by atoms with Crippen LogP contribution in [0.3, 0.4) is 0 Å². The summed E-state index contributed by atoms with van der Waals surface area (Å²) < 4.78 is 44.4. The Morgan fingerprint density at radius 1 is 1.32 bits per heavy atom. The number of methoxy groups -OCH3 is 1. The Labute approximate surface area is 161 Å². The summed E-state index contributed by atoms with van der Waals surface area (Å²) in [5, 5.41) is 0. The Balaban J connectivity index is 1.84. The maximum absolute atomic E-state index is 13.4. The lowest BCUT2D eigenvalue weighted by molar-refractivity contribution is -0.137. The summed E-state index contributed by atoms with van der Waals surface area (Å²) in [5.41, 5.74) is 5.92. The van der Waals surface area contributed by atoms with Gasteiger partial charge in [-0.15, -0.1) is 0 Å². The van der Waals surface area contributed by atoms with Crippen LogP contribution in [-0.4, -0.2) is 43.2 Å². The summed E-state index contributed by atoms with van der Waals surface area (Å²) in [5.74, 6) is -0.129. The van der Waals surface area contributed by atoms with E-state index in [4.69, 9.17) is 10.5 Å². The van der Waals surface area contributed by atoms with E-state index < -0.39 is 23.6 Å². The molecule has 1 aliphatic heterocycles. The number of likely N-dealkylation sites (N-methyl/N-ethyl adjacent to an activating group) is 1. The van der Waals surface area contributed by atoms with Crippen LogP contribution in [0.4, 0.5) is 13.2 Å². The lowest BCUT2D eigenvalue weighted by atomic mass is 9.61. The highest BCUT2D eigenvalue weighted by Gasteiger charge is 2.66. The normalized spacial score (nSPS) is 32.3. The quantitative estimate of drug-likeness (QED) is 0.837. The van der Waals surface area contributed by atoms with Crippen molar-refractivity contribution in [3.8, 4) is 0 Å². The van der Waals surface area contributed by atoms with Crippen molar-refractivity contribution in [2.24, 2.45) is 16.1 Å². The molecular weight excluding hydrogens is 371 g/mol. The number of carbonyl (C=O) groups is 1. The highest BCUT2D eigenvalue weighted by atomic mass is 19.4. The number of nitrogens with zero attached hydrogens (tertiary/aromatic N) is 2. The van der Waals surface area contributed by atoms with Gasteiger partial charge in [-0.25, -0.2) is 4.99 Å². The lowest BCUT2D eigenvalue weighted by Gasteiger charge is -2.45. The summed E-state index contributed by atoms with van der Waals surface area (Å²) in [6.45, 7) is 0. The Morgan fingerprint density at radius 3 is 2.54 bits per heavy atom. The molecule has 3 aliphatic rings. The number of guanidine groups is 1. The molecule has 1 unspecified atom stereocenters. The van der Waals surface area contributed by atoms with Crippen molar-refractivity contribution < 1.29 is 22.7 Å². The molecule has 0 saturated heterocycles. The van der Waals surface area contributed by atoms with Crippen LogP contribution in [0.1, 0.15) is 42.4 Å². The van der Waals surface area contributed by atoms with Gasteiger partial charge in [0, 0.05) is 19.6 Å². The Bertz CT molecular complexity index is 844. The average Bonchev–Trinajstić information content (AvgIpc) is 3.02. The molecule has 28 heavy (non-hydrogen) atoms. The number of alkyl halides is 3. The fourth-order valence-electron chi connectivity index (χ4n) is 5.31. The van der Waals surface area contributed by atoms with Crippen LogP contribution >= 0.6 is 0 Å². The standard InChI is InChI=1S/C20H24F3N3O2/c1-26-16(27)20(25-17(26)24)15-9-12(10-19(21,22)23)3-4-13(15)11-18(20)7-5-14(28-2)6-8-18/h3-4,9,14H,5-8,10-11H2,1-2H3,(H2,24,25). The van der Waals surface area contributed by atoms with Crippen molar-refractivity contribution in [3.05, 3.63) is 34.9 Å². The van der Waals surface area contributed by atoms with Crippen molar-refractivity contribution >= 4 is 11.9 Å². The van der Waals surface area contributed by atoms with Crippen LogP contribution in [0.2, 0.25) is 0 Å². The fraction of sp³-hybridized carbons (Fsp3) is 0.600. The number of nitrogens with two attached hydrogens (primary N) is 1. The van der Waals surface area contributed by atoms with E-state index >= 15 is 0 Å². The summed E-state index contributed by atoms with van der Waals surface area (Å²) >= 11 is 0. The van der Waals surface area contributed by atoms with Crippen molar-refractivity contribution in [2.45, 2.75) is 56.3 Å². The summed E-state index contributed by atoms with van der Waals surface area (Å²) in [6.07, 6.45) is -1.60. The molecule has 152 valence electrons. The van der Waals surface area contributed by atoms with Crippen molar-refractivity contribution in [3.63, 3.8) is 0 Å². The number of ether oxygens (including phenoxy) is 1. The van der Waals surface area contributed by atoms with Gasteiger partial charge in [0.05, 0.1) is 12.5 Å². The second-order valence-corrected chi connectivity index (χ2v) is 8.22. The van der Waals surface area contributed by atoms with Crippen LogP contribution in [-0.2, 0) is 27.9 Å². The molecule has 5 nitrogen and oxygen atoms in total. The SMILES string of the molecule is COC1CCC2(CC1)Cc1ccc(CC(F)(F)F)cc1C21N=C(N)N(C)C1=O. The maximum atomic E-state index is 13.4. The van der Waals surface area contributed by atoms with Gasteiger partial charge in [0.25, 0.3) is 5.91 Å². The van der Waals surface area contributed by atoms with Gasteiger partial charge in [-0.1, -0.05) is 18.2 Å². The molecule has 0 radical (unpaired) electrons. The number of carbonyl (C=O) groups excluding carboxylic acids is 1. The fourth-order valence-corrected chi connectivity index (χ4v) is 5.31. The molecule has 2 N–H and O–H groups in total. The molecule has 0 aromatic heterocycles. The van der Waals surface area contributed by atoms with Crippen LogP contribution in [0.15, 0.2) is 23.2 Å². The Hall–Kier alpha value is -2.09. The smallest absolute Gasteiger partial charge is 0.381 e. The first-order valence-electron chi connectivity index (χ1n) is 9.47. The zero-order valence-electron chi connectivity index (χ0n) is 16.0. The van der Waals surface area contributed by atoms with Gasteiger partial charge < -0.3 is 10.5 Å². The van der Waals surface area contributed by atoms with Crippen molar-refractivity contribution in [1.29, 1.82) is 0 Å². The largest absolute Gasteiger partial charge is 0.393 e. The third-order valence-corrected chi connectivity index (χ3v) is 6.73. The Kier molecular flexibility index (Phi) is 4.26. The van der Waals surface area contributed by atoms with Crippen LogP contribution in [0.5, 0.6) is 0 Å². The number of aliphatic imine (C=N–C) groups is 1. The molecule has 2 aliphatic carbocycles. The average molecular weight is 395 g/mol. The Morgan fingerprint density at radius 2 is 2.00 bits per heavy atom. The van der Waals surface area contributed by atoms with Gasteiger partial charge in [-0.2, -0.15) is 13.2 Å². The van der Waals surface area contributed by atoms with Gasteiger partial charge in [0.2, 0.25) is 0 Å². The molecule has 1 heterocycles. The second kappa shape index (κ2) is 6.20. The highest BCUT2D eigenvalue weighted by Crippen LogP contribution is 2.61. The molecule has 1 aromatic carbocycles. The van der Waals surface area contributed by atoms with Crippen molar-refractivity contribution in [1.82, 2.24) is 4.90 Å². The number of fused-ring (bicyclic) bond motifs is 3. The molecular formula is C20H24F3N3O2. The van der Waals surface area contributed by atoms with Crippen LogP contribution in [0.25, 0.3) is 0 Å². The molecule has 8 heteroatoms. The second-order valence-electron chi connectivity index (χ2n) is 8.22. The molecule has 4 rings (SSSR count).